The van der Waals surface area contributed by atoms with Crippen molar-refractivity contribution in [1.82, 2.24) is 4.98 Å². The van der Waals surface area contributed by atoms with Crippen molar-refractivity contribution >= 4 is 23.3 Å². The summed E-state index contributed by atoms with van der Waals surface area (Å²) in [7, 11) is 1.58. The summed E-state index contributed by atoms with van der Waals surface area (Å²) in [5.74, 6) is -0.177. The Morgan fingerprint density at radius 2 is 2.00 bits per heavy atom. The van der Waals surface area contributed by atoms with Gasteiger partial charge < -0.3 is 10.1 Å². The SMILES string of the molecule is Cc1ccccc1NC(=O)C1(C)Oc2cccnc2N(C)C1=O. The molecule has 1 aromatic carbocycles. The van der Waals surface area contributed by atoms with Crippen molar-refractivity contribution in [3.63, 3.8) is 0 Å². The molecule has 1 aliphatic rings. The van der Waals surface area contributed by atoms with Crippen molar-refractivity contribution in [2.24, 2.45) is 0 Å². The van der Waals surface area contributed by atoms with Gasteiger partial charge in [0.1, 0.15) is 0 Å². The molecule has 118 valence electrons. The number of nitrogens with zero attached hydrogens (tertiary/aromatic N) is 2. The van der Waals surface area contributed by atoms with Crippen molar-refractivity contribution in [2.75, 3.05) is 17.3 Å². The Balaban J connectivity index is 1.94. The lowest BCUT2D eigenvalue weighted by molar-refractivity contribution is -0.145. The molecule has 1 unspecified atom stereocenters. The van der Waals surface area contributed by atoms with Crippen molar-refractivity contribution in [2.45, 2.75) is 19.4 Å². The molecule has 0 fully saturated rings. The molecule has 3 rings (SSSR count). The second kappa shape index (κ2) is 5.39. The summed E-state index contributed by atoms with van der Waals surface area (Å²) >= 11 is 0. The van der Waals surface area contributed by atoms with Crippen molar-refractivity contribution < 1.29 is 14.3 Å². The van der Waals surface area contributed by atoms with Gasteiger partial charge in [-0.2, -0.15) is 0 Å². The van der Waals surface area contributed by atoms with Gasteiger partial charge in [-0.1, -0.05) is 18.2 Å². The van der Waals surface area contributed by atoms with E-state index in [4.69, 9.17) is 4.74 Å². The summed E-state index contributed by atoms with van der Waals surface area (Å²) < 4.78 is 5.71. The smallest absolute Gasteiger partial charge is 0.281 e. The zero-order valence-corrected chi connectivity index (χ0v) is 13.2. The summed E-state index contributed by atoms with van der Waals surface area (Å²) in [5.41, 5.74) is -0.0922. The maximum Gasteiger partial charge on any atom is 0.281 e. The fourth-order valence-corrected chi connectivity index (χ4v) is 2.49. The van der Waals surface area contributed by atoms with Crippen LogP contribution in [0.5, 0.6) is 5.75 Å². The Morgan fingerprint density at radius 1 is 1.26 bits per heavy atom. The van der Waals surface area contributed by atoms with Crippen LogP contribution in [0.1, 0.15) is 12.5 Å². The van der Waals surface area contributed by atoms with E-state index in [1.165, 1.54) is 11.8 Å². The maximum absolute atomic E-state index is 12.7. The Hall–Kier alpha value is -2.89. The Kier molecular flexibility index (Phi) is 3.52. The summed E-state index contributed by atoms with van der Waals surface area (Å²) in [6.45, 7) is 3.35. The van der Waals surface area contributed by atoms with Crippen molar-refractivity contribution in [3.8, 4) is 5.75 Å². The molecule has 1 aromatic heterocycles. The number of fused-ring (bicyclic) bond motifs is 1. The third-order valence-corrected chi connectivity index (χ3v) is 3.92. The van der Waals surface area contributed by atoms with Gasteiger partial charge in [-0.3, -0.25) is 14.5 Å². The standard InChI is InChI=1S/C17H17N3O3/c1-11-7-4-5-8-12(11)19-15(21)17(2)16(22)20(3)14-13(23-17)9-6-10-18-14/h4-10H,1-3H3,(H,19,21). The topological polar surface area (TPSA) is 71.5 Å². The molecular weight excluding hydrogens is 294 g/mol. The van der Waals surface area contributed by atoms with Gasteiger partial charge >= 0.3 is 0 Å². The average Bonchev–Trinajstić information content (AvgIpc) is 2.55. The van der Waals surface area contributed by atoms with Crippen LogP contribution in [0, 0.1) is 6.92 Å². The molecule has 6 nitrogen and oxygen atoms in total. The van der Waals surface area contributed by atoms with Crippen LogP contribution in [-0.2, 0) is 9.59 Å². The van der Waals surface area contributed by atoms with Gasteiger partial charge in [-0.05, 0) is 37.6 Å². The number of aromatic nitrogens is 1. The van der Waals surface area contributed by atoms with Crippen LogP contribution in [0.15, 0.2) is 42.6 Å². The lowest BCUT2D eigenvalue weighted by atomic mass is 10.0. The van der Waals surface area contributed by atoms with E-state index < -0.39 is 17.4 Å². The lowest BCUT2D eigenvalue weighted by Gasteiger charge is -2.37. The Morgan fingerprint density at radius 3 is 2.74 bits per heavy atom. The molecule has 2 amide bonds. The predicted octanol–water partition coefficient (Wildman–Crippen LogP) is 2.14. The molecule has 0 saturated carbocycles. The first-order valence-electron chi connectivity index (χ1n) is 7.23. The highest BCUT2D eigenvalue weighted by atomic mass is 16.5. The zero-order chi connectivity index (χ0) is 16.6. The van der Waals surface area contributed by atoms with Crippen molar-refractivity contribution in [3.05, 3.63) is 48.2 Å². The van der Waals surface area contributed by atoms with Crippen LogP contribution in [0.2, 0.25) is 0 Å². The number of amides is 2. The minimum atomic E-state index is -1.65. The van der Waals surface area contributed by atoms with Crippen molar-refractivity contribution in [1.29, 1.82) is 0 Å². The number of aryl methyl sites for hydroxylation is 1. The summed E-state index contributed by atoms with van der Waals surface area (Å²) in [6.07, 6.45) is 1.57. The third kappa shape index (κ3) is 2.42. The molecule has 6 heteroatoms. The average molecular weight is 311 g/mol. The van der Waals surface area contributed by atoms with E-state index >= 15 is 0 Å². The number of carbonyl (C=O) groups is 2. The van der Waals surface area contributed by atoms with E-state index in [0.717, 1.165) is 5.56 Å². The largest absolute Gasteiger partial charge is 0.464 e. The number of nitrogens with one attached hydrogen (secondary N) is 1. The van der Waals surface area contributed by atoms with E-state index in [-0.39, 0.29) is 0 Å². The first-order chi connectivity index (χ1) is 10.9. The number of benzene rings is 1. The summed E-state index contributed by atoms with van der Waals surface area (Å²) in [6, 6.07) is 10.7. The van der Waals surface area contributed by atoms with Crippen LogP contribution < -0.4 is 15.0 Å². The summed E-state index contributed by atoms with van der Waals surface area (Å²) in [4.78, 5) is 30.8. The van der Waals surface area contributed by atoms with Gasteiger partial charge in [-0.15, -0.1) is 0 Å². The number of likely N-dealkylation sites (N-methyl/N-ethyl adjacent to an activating group) is 1. The van der Waals surface area contributed by atoms with Crippen LogP contribution in [0.25, 0.3) is 0 Å². The van der Waals surface area contributed by atoms with Gasteiger partial charge in [-0.25, -0.2) is 4.98 Å². The molecule has 0 spiro atoms. The third-order valence-electron chi connectivity index (χ3n) is 3.92. The monoisotopic (exact) mass is 311 g/mol. The quantitative estimate of drug-likeness (QED) is 0.863. The number of anilines is 2. The van der Waals surface area contributed by atoms with Gasteiger partial charge in [0.25, 0.3) is 17.4 Å². The fourth-order valence-electron chi connectivity index (χ4n) is 2.49. The molecule has 23 heavy (non-hydrogen) atoms. The minimum Gasteiger partial charge on any atom is -0.464 e. The Bertz CT molecular complexity index is 790. The van der Waals surface area contributed by atoms with E-state index in [2.05, 4.69) is 10.3 Å². The van der Waals surface area contributed by atoms with Crippen LogP contribution in [0.4, 0.5) is 11.5 Å². The van der Waals surface area contributed by atoms with Crippen LogP contribution >= 0.6 is 0 Å². The van der Waals surface area contributed by atoms with Gasteiger partial charge in [0.2, 0.25) is 0 Å². The molecule has 0 bridgehead atoms. The fraction of sp³-hybridized carbons (Fsp3) is 0.235. The molecule has 0 radical (unpaired) electrons. The molecule has 2 heterocycles. The highest BCUT2D eigenvalue weighted by Crippen LogP contribution is 2.35. The second-order valence-corrected chi connectivity index (χ2v) is 5.59. The molecule has 2 aromatic rings. The number of para-hydroxylation sites is 1. The van der Waals surface area contributed by atoms with Crippen LogP contribution in [-0.4, -0.2) is 29.4 Å². The van der Waals surface area contributed by atoms with Gasteiger partial charge in [0.15, 0.2) is 11.6 Å². The van der Waals surface area contributed by atoms with E-state index in [1.807, 2.05) is 25.1 Å². The van der Waals surface area contributed by atoms with Gasteiger partial charge in [0.05, 0.1) is 0 Å². The number of carbonyl (C=O) groups excluding carboxylic acids is 2. The molecule has 1 aliphatic heterocycles. The molecule has 1 N–H and O–H groups in total. The molecule has 0 saturated heterocycles. The normalized spacial score (nSPS) is 19.8. The van der Waals surface area contributed by atoms with Gasteiger partial charge in [0, 0.05) is 18.9 Å². The summed E-state index contributed by atoms with van der Waals surface area (Å²) in [5, 5.41) is 2.77. The predicted molar refractivity (Wildman–Crippen MR) is 86.5 cm³/mol. The maximum atomic E-state index is 12.7. The number of hydrogen-bond acceptors (Lipinski definition) is 4. The molecular formula is C17H17N3O3. The second-order valence-electron chi connectivity index (χ2n) is 5.59. The number of hydrogen-bond donors (Lipinski definition) is 1. The number of ether oxygens (including phenoxy) is 1. The van der Waals surface area contributed by atoms with E-state index in [9.17, 15) is 9.59 Å². The molecule has 1 atom stereocenters. The first kappa shape index (κ1) is 15.0. The number of pyridine rings is 1. The minimum absolute atomic E-state index is 0.400. The van der Waals surface area contributed by atoms with Crippen LogP contribution in [0.3, 0.4) is 0 Å². The highest BCUT2D eigenvalue weighted by Gasteiger charge is 2.50. The zero-order valence-electron chi connectivity index (χ0n) is 13.2. The first-order valence-corrected chi connectivity index (χ1v) is 7.23. The number of rotatable bonds is 2. The van der Waals surface area contributed by atoms with E-state index in [1.54, 1.807) is 31.4 Å². The highest BCUT2D eigenvalue weighted by molar-refractivity contribution is 6.19. The Labute approximate surface area is 134 Å². The molecule has 0 aliphatic carbocycles. The van der Waals surface area contributed by atoms with E-state index in [0.29, 0.717) is 17.3 Å². The lowest BCUT2D eigenvalue weighted by Crippen LogP contribution is -2.60.